The summed E-state index contributed by atoms with van der Waals surface area (Å²) in [5, 5.41) is 2.95. The highest BCUT2D eigenvalue weighted by Gasteiger charge is 2.31. The molecule has 0 spiro atoms. The normalized spacial score (nSPS) is 22.3. The molecule has 0 aromatic heterocycles. The number of benzene rings is 1. The minimum absolute atomic E-state index is 0.0413. The SMILES string of the molecule is COc1cc(NC(=O)[C@@H]2CCC[C@@H]2CN)ccc1Br. The fourth-order valence-corrected chi connectivity index (χ4v) is 3.05. The van der Waals surface area contributed by atoms with Crippen LogP contribution in [0.3, 0.4) is 0 Å². The molecule has 4 nitrogen and oxygen atoms in total. The van der Waals surface area contributed by atoms with Gasteiger partial charge in [0.15, 0.2) is 0 Å². The van der Waals surface area contributed by atoms with Crippen molar-refractivity contribution in [3.63, 3.8) is 0 Å². The Labute approximate surface area is 121 Å². The number of hydrogen-bond donors (Lipinski definition) is 2. The van der Waals surface area contributed by atoms with Crippen LogP contribution in [0, 0.1) is 11.8 Å². The van der Waals surface area contributed by atoms with Gasteiger partial charge in [-0.1, -0.05) is 6.42 Å². The smallest absolute Gasteiger partial charge is 0.227 e. The van der Waals surface area contributed by atoms with Crippen LogP contribution in [-0.2, 0) is 4.79 Å². The van der Waals surface area contributed by atoms with E-state index in [4.69, 9.17) is 10.5 Å². The zero-order valence-electron chi connectivity index (χ0n) is 11.0. The zero-order valence-corrected chi connectivity index (χ0v) is 12.6. The van der Waals surface area contributed by atoms with Crippen LogP contribution < -0.4 is 15.8 Å². The van der Waals surface area contributed by atoms with E-state index in [-0.39, 0.29) is 11.8 Å². The Morgan fingerprint density at radius 3 is 3.00 bits per heavy atom. The molecule has 3 N–H and O–H groups in total. The molecule has 0 aliphatic heterocycles. The molecule has 1 aromatic carbocycles. The molecule has 1 aromatic rings. The van der Waals surface area contributed by atoms with E-state index in [0.717, 1.165) is 29.4 Å². The first-order valence-electron chi connectivity index (χ1n) is 6.50. The van der Waals surface area contributed by atoms with Gasteiger partial charge >= 0.3 is 0 Å². The number of methoxy groups -OCH3 is 1. The van der Waals surface area contributed by atoms with E-state index in [1.165, 1.54) is 0 Å². The summed E-state index contributed by atoms with van der Waals surface area (Å²) in [6.45, 7) is 0.585. The highest BCUT2D eigenvalue weighted by atomic mass is 79.9. The maximum atomic E-state index is 12.2. The molecule has 5 heteroatoms. The van der Waals surface area contributed by atoms with Gasteiger partial charge in [-0.25, -0.2) is 0 Å². The first kappa shape index (κ1) is 14.3. The van der Waals surface area contributed by atoms with Crippen molar-refractivity contribution in [3.8, 4) is 5.75 Å². The Kier molecular flexibility index (Phi) is 4.82. The lowest BCUT2D eigenvalue weighted by Gasteiger charge is -2.17. The fourth-order valence-electron chi connectivity index (χ4n) is 2.64. The highest BCUT2D eigenvalue weighted by Crippen LogP contribution is 2.33. The van der Waals surface area contributed by atoms with Crippen LogP contribution >= 0.6 is 15.9 Å². The Morgan fingerprint density at radius 2 is 2.32 bits per heavy atom. The van der Waals surface area contributed by atoms with Crippen LogP contribution in [0.2, 0.25) is 0 Å². The topological polar surface area (TPSA) is 64.3 Å². The number of carbonyl (C=O) groups is 1. The predicted molar refractivity (Wildman–Crippen MR) is 79.2 cm³/mol. The number of rotatable bonds is 4. The minimum atomic E-state index is 0.0413. The van der Waals surface area contributed by atoms with Crippen LogP contribution in [0.15, 0.2) is 22.7 Å². The van der Waals surface area contributed by atoms with Crippen LogP contribution in [0.5, 0.6) is 5.75 Å². The number of hydrogen-bond acceptors (Lipinski definition) is 3. The largest absolute Gasteiger partial charge is 0.495 e. The number of halogens is 1. The molecule has 0 saturated heterocycles. The lowest BCUT2D eigenvalue weighted by Crippen LogP contribution is -2.29. The summed E-state index contributed by atoms with van der Waals surface area (Å²) in [5.74, 6) is 1.13. The van der Waals surface area contributed by atoms with Crippen molar-refractivity contribution in [2.45, 2.75) is 19.3 Å². The van der Waals surface area contributed by atoms with Gasteiger partial charge in [-0.05, 0) is 53.4 Å². The predicted octanol–water partition coefficient (Wildman–Crippen LogP) is 2.77. The number of nitrogens with one attached hydrogen (secondary N) is 1. The Hall–Kier alpha value is -1.07. The Morgan fingerprint density at radius 1 is 1.53 bits per heavy atom. The number of ether oxygens (including phenoxy) is 1. The van der Waals surface area contributed by atoms with Gasteiger partial charge in [-0.2, -0.15) is 0 Å². The summed E-state index contributed by atoms with van der Waals surface area (Å²) in [6.07, 6.45) is 3.07. The van der Waals surface area contributed by atoms with Gasteiger partial charge in [-0.3, -0.25) is 4.79 Å². The summed E-state index contributed by atoms with van der Waals surface area (Å²) < 4.78 is 6.09. The van der Waals surface area contributed by atoms with Gasteiger partial charge < -0.3 is 15.8 Å². The third-order valence-corrected chi connectivity index (χ3v) is 4.37. The molecule has 19 heavy (non-hydrogen) atoms. The molecular formula is C14H19BrN2O2. The van der Waals surface area contributed by atoms with E-state index in [2.05, 4.69) is 21.2 Å². The Balaban J connectivity index is 2.06. The minimum Gasteiger partial charge on any atom is -0.495 e. The molecular weight excluding hydrogens is 308 g/mol. The van der Waals surface area contributed by atoms with Crippen LogP contribution in [-0.4, -0.2) is 19.6 Å². The second kappa shape index (κ2) is 6.39. The molecule has 104 valence electrons. The quantitative estimate of drug-likeness (QED) is 0.894. The van der Waals surface area contributed by atoms with Crippen molar-refractivity contribution in [1.82, 2.24) is 0 Å². The van der Waals surface area contributed by atoms with Gasteiger partial charge in [0.05, 0.1) is 11.6 Å². The summed E-state index contributed by atoms with van der Waals surface area (Å²) >= 11 is 3.39. The van der Waals surface area contributed by atoms with E-state index in [1.54, 1.807) is 7.11 Å². The summed E-state index contributed by atoms with van der Waals surface area (Å²) in [5.41, 5.74) is 6.47. The molecule has 1 amide bonds. The standard InChI is InChI=1S/C14H19BrN2O2/c1-19-13-7-10(5-6-12(13)15)17-14(18)11-4-2-3-9(11)8-16/h5-7,9,11H,2-4,8,16H2,1H3,(H,17,18)/t9-,11-/m1/s1. The van der Waals surface area contributed by atoms with Gasteiger partial charge in [-0.15, -0.1) is 0 Å². The van der Waals surface area contributed by atoms with Crippen molar-refractivity contribution in [2.75, 3.05) is 19.0 Å². The summed E-state index contributed by atoms with van der Waals surface area (Å²) in [4.78, 5) is 12.2. The lowest BCUT2D eigenvalue weighted by atomic mass is 9.95. The lowest BCUT2D eigenvalue weighted by molar-refractivity contribution is -0.120. The number of amides is 1. The van der Waals surface area contributed by atoms with Crippen molar-refractivity contribution < 1.29 is 9.53 Å². The van der Waals surface area contributed by atoms with Crippen molar-refractivity contribution in [2.24, 2.45) is 17.6 Å². The molecule has 2 rings (SSSR count). The zero-order chi connectivity index (χ0) is 13.8. The van der Waals surface area contributed by atoms with Gasteiger partial charge in [0.25, 0.3) is 0 Å². The second-order valence-corrected chi connectivity index (χ2v) is 5.73. The van der Waals surface area contributed by atoms with E-state index < -0.39 is 0 Å². The van der Waals surface area contributed by atoms with Crippen LogP contribution in [0.4, 0.5) is 5.69 Å². The molecule has 2 atom stereocenters. The monoisotopic (exact) mass is 326 g/mol. The van der Waals surface area contributed by atoms with Crippen molar-refractivity contribution >= 4 is 27.5 Å². The molecule has 1 fully saturated rings. The number of nitrogens with two attached hydrogens (primary N) is 1. The van der Waals surface area contributed by atoms with E-state index >= 15 is 0 Å². The van der Waals surface area contributed by atoms with Gasteiger partial charge in [0.1, 0.15) is 5.75 Å². The maximum absolute atomic E-state index is 12.2. The molecule has 1 aliphatic carbocycles. The summed E-state index contributed by atoms with van der Waals surface area (Å²) in [6, 6.07) is 5.54. The summed E-state index contributed by atoms with van der Waals surface area (Å²) in [7, 11) is 1.60. The maximum Gasteiger partial charge on any atom is 0.227 e. The molecule has 1 aliphatic rings. The van der Waals surface area contributed by atoms with E-state index in [1.807, 2.05) is 18.2 Å². The van der Waals surface area contributed by atoms with Gasteiger partial charge in [0, 0.05) is 17.7 Å². The molecule has 0 heterocycles. The fraction of sp³-hybridized carbons (Fsp3) is 0.500. The molecule has 1 saturated carbocycles. The van der Waals surface area contributed by atoms with E-state index in [0.29, 0.717) is 18.2 Å². The number of carbonyl (C=O) groups excluding carboxylic acids is 1. The first-order valence-corrected chi connectivity index (χ1v) is 7.29. The average Bonchev–Trinajstić information content (AvgIpc) is 2.89. The van der Waals surface area contributed by atoms with Gasteiger partial charge in [0.2, 0.25) is 5.91 Å². The third-order valence-electron chi connectivity index (χ3n) is 3.72. The van der Waals surface area contributed by atoms with Crippen LogP contribution in [0.1, 0.15) is 19.3 Å². The highest BCUT2D eigenvalue weighted by molar-refractivity contribution is 9.10. The number of anilines is 1. The average molecular weight is 327 g/mol. The van der Waals surface area contributed by atoms with Crippen molar-refractivity contribution in [3.05, 3.63) is 22.7 Å². The third kappa shape index (κ3) is 3.28. The van der Waals surface area contributed by atoms with Crippen molar-refractivity contribution in [1.29, 1.82) is 0 Å². The molecule has 0 unspecified atom stereocenters. The van der Waals surface area contributed by atoms with Crippen LogP contribution in [0.25, 0.3) is 0 Å². The second-order valence-electron chi connectivity index (χ2n) is 4.87. The van der Waals surface area contributed by atoms with E-state index in [9.17, 15) is 4.79 Å². The molecule has 0 radical (unpaired) electrons. The molecule has 0 bridgehead atoms. The first-order chi connectivity index (χ1) is 9.15. The Bertz CT molecular complexity index is 465.